The number of fused-ring (bicyclic) bond motifs is 6. The Labute approximate surface area is 447 Å². The zero-order valence-electron chi connectivity index (χ0n) is 45.8. The molecule has 0 spiro atoms. The quantitative estimate of drug-likeness (QED) is 0.160. The summed E-state index contributed by atoms with van der Waals surface area (Å²) in [6.45, 7) is 26.5. The first-order valence-electron chi connectivity index (χ1n) is 26.6. The van der Waals surface area contributed by atoms with Gasteiger partial charge in [0.05, 0.1) is 57.5 Å². The lowest BCUT2D eigenvalue weighted by molar-refractivity contribution is 1.09. The van der Waals surface area contributed by atoms with Gasteiger partial charge in [-0.2, -0.15) is 5.26 Å². The number of aromatic nitrogens is 3. The van der Waals surface area contributed by atoms with Gasteiger partial charge >= 0.3 is 0 Å². The summed E-state index contributed by atoms with van der Waals surface area (Å²) in [6.07, 6.45) is 4.01. The van der Waals surface area contributed by atoms with E-state index in [2.05, 4.69) is 232 Å². The molecule has 12 aromatic rings. The lowest BCUT2D eigenvalue weighted by Crippen LogP contribution is -2.05. The zero-order chi connectivity index (χ0) is 53.0. The molecule has 370 valence electrons. The Morgan fingerprint density at radius 1 is 0.329 bits per heavy atom. The molecule has 0 radical (unpaired) electrons. The van der Waals surface area contributed by atoms with Crippen molar-refractivity contribution in [2.45, 2.75) is 83.1 Å². The molecule has 76 heavy (non-hydrogen) atoms. The molecule has 0 saturated carbocycles. The molecule has 0 atom stereocenters. The summed E-state index contributed by atoms with van der Waals surface area (Å²) in [7, 11) is 0. The number of nitriles is 1. The van der Waals surface area contributed by atoms with Gasteiger partial charge in [-0.3, -0.25) is 4.98 Å². The second-order valence-electron chi connectivity index (χ2n) is 21.9. The van der Waals surface area contributed by atoms with Crippen molar-refractivity contribution in [3.05, 3.63) is 230 Å². The SMILES string of the molecule is Cc1cc(C)c(-c2ccc3c(c2)c2cc(-c4c(C)cc(C)cc4C)ccc2n3-c2cncc(-n3c4ccc(-c5c(C)cc(C)cc5C)cc4c4cc(-c5c(C)cc(C)cc5C)ccc43)c2-c2ccccc2C#N)c(C)c1. The van der Waals surface area contributed by atoms with Crippen LogP contribution in [0.4, 0.5) is 0 Å². The number of hydrogen-bond donors (Lipinski definition) is 0. The van der Waals surface area contributed by atoms with Crippen LogP contribution in [0.15, 0.2) is 158 Å². The molecule has 0 fully saturated rings. The van der Waals surface area contributed by atoms with Gasteiger partial charge in [-0.05, 0) is 227 Å². The summed E-state index contributed by atoms with van der Waals surface area (Å²) in [6, 6.07) is 56.9. The molecule has 0 bridgehead atoms. The Morgan fingerprint density at radius 3 is 0.882 bits per heavy atom. The molecule has 4 heteroatoms. The molecule has 12 rings (SSSR count). The van der Waals surface area contributed by atoms with E-state index in [1.807, 2.05) is 24.5 Å². The number of pyridine rings is 1. The minimum absolute atomic E-state index is 0.596. The van der Waals surface area contributed by atoms with Crippen molar-refractivity contribution in [1.29, 1.82) is 5.26 Å². The van der Waals surface area contributed by atoms with Crippen LogP contribution in [0.25, 0.3) is 111 Å². The number of rotatable bonds is 7. The third-order valence-corrected chi connectivity index (χ3v) is 16.1. The minimum Gasteiger partial charge on any atom is -0.307 e. The highest BCUT2D eigenvalue weighted by Crippen LogP contribution is 2.46. The summed E-state index contributed by atoms with van der Waals surface area (Å²) < 4.78 is 4.80. The maximum atomic E-state index is 11.0. The van der Waals surface area contributed by atoms with E-state index in [0.29, 0.717) is 5.56 Å². The highest BCUT2D eigenvalue weighted by Gasteiger charge is 2.26. The Bertz CT molecular complexity index is 3910. The molecule has 3 heterocycles. The van der Waals surface area contributed by atoms with Crippen molar-refractivity contribution >= 4 is 43.6 Å². The fourth-order valence-corrected chi connectivity index (χ4v) is 13.6. The summed E-state index contributed by atoms with van der Waals surface area (Å²) in [5.74, 6) is 0. The van der Waals surface area contributed by atoms with Crippen LogP contribution in [0, 0.1) is 94.4 Å². The van der Waals surface area contributed by atoms with E-state index in [0.717, 1.165) is 66.1 Å². The Kier molecular flexibility index (Phi) is 11.6. The predicted octanol–water partition coefficient (Wildman–Crippen LogP) is 19.2. The first-order valence-corrected chi connectivity index (χ1v) is 26.6. The van der Waals surface area contributed by atoms with E-state index < -0.39 is 0 Å². The van der Waals surface area contributed by atoms with E-state index in [9.17, 15) is 5.26 Å². The normalized spacial score (nSPS) is 11.7. The first kappa shape index (κ1) is 48.2. The lowest BCUT2D eigenvalue weighted by atomic mass is 9.91. The van der Waals surface area contributed by atoms with Crippen LogP contribution in [0.3, 0.4) is 0 Å². The fourth-order valence-electron chi connectivity index (χ4n) is 13.6. The standard InChI is InChI=1S/C72H62N4/c1-40-25-44(5)68(45(6)26-40)52-17-21-62-58(33-52)59-34-53(69-46(7)27-41(2)28-47(69)8)18-22-63(59)75(62)66-38-74-39-67(72(66)57-16-14-13-15-56(57)37-73)76-64-23-19-54(70-48(9)29-42(3)30-49(70)10)35-60(64)61-36-55(20-24-65(61)76)71-50(11)31-43(4)32-51(71)12/h13-36,38-39H,1-12H3. The van der Waals surface area contributed by atoms with E-state index in [1.165, 1.54) is 111 Å². The van der Waals surface area contributed by atoms with Gasteiger partial charge < -0.3 is 9.13 Å². The van der Waals surface area contributed by atoms with Crippen molar-refractivity contribution in [3.8, 4) is 73.1 Å². The van der Waals surface area contributed by atoms with E-state index in [1.54, 1.807) is 0 Å². The lowest BCUT2D eigenvalue weighted by Gasteiger charge is -2.20. The topological polar surface area (TPSA) is 46.5 Å². The van der Waals surface area contributed by atoms with Gasteiger partial charge in [-0.1, -0.05) is 113 Å². The molecule has 0 N–H and O–H groups in total. The number of hydrogen-bond acceptors (Lipinski definition) is 2. The second kappa shape index (κ2) is 18.3. The summed E-state index contributed by atoms with van der Waals surface area (Å²) in [5.41, 5.74) is 33.4. The van der Waals surface area contributed by atoms with Crippen molar-refractivity contribution in [3.63, 3.8) is 0 Å². The van der Waals surface area contributed by atoms with Crippen molar-refractivity contribution in [2.75, 3.05) is 0 Å². The third-order valence-electron chi connectivity index (χ3n) is 16.1. The average Bonchev–Trinajstić information content (AvgIpc) is 3.92. The molecule has 0 amide bonds. The highest BCUT2D eigenvalue weighted by molar-refractivity contribution is 6.14. The molecular weight excluding hydrogens is 921 g/mol. The van der Waals surface area contributed by atoms with Crippen LogP contribution < -0.4 is 0 Å². The summed E-state index contributed by atoms with van der Waals surface area (Å²) >= 11 is 0. The van der Waals surface area contributed by atoms with Crippen molar-refractivity contribution < 1.29 is 0 Å². The summed E-state index contributed by atoms with van der Waals surface area (Å²) in [4.78, 5) is 5.23. The largest absolute Gasteiger partial charge is 0.307 e. The molecule has 9 aromatic carbocycles. The third kappa shape index (κ3) is 7.76. The minimum atomic E-state index is 0.596. The van der Waals surface area contributed by atoms with Crippen molar-refractivity contribution in [2.24, 2.45) is 0 Å². The fraction of sp³-hybridized carbons (Fsp3) is 0.167. The van der Waals surface area contributed by atoms with Crippen LogP contribution >= 0.6 is 0 Å². The zero-order valence-corrected chi connectivity index (χ0v) is 45.8. The highest BCUT2D eigenvalue weighted by atomic mass is 15.0. The monoisotopic (exact) mass is 982 g/mol. The van der Waals surface area contributed by atoms with Crippen LogP contribution in [0.5, 0.6) is 0 Å². The second-order valence-corrected chi connectivity index (χ2v) is 21.9. The molecule has 0 aliphatic rings. The van der Waals surface area contributed by atoms with Crippen LogP contribution in [-0.2, 0) is 0 Å². The van der Waals surface area contributed by atoms with Crippen molar-refractivity contribution in [1.82, 2.24) is 14.1 Å². The van der Waals surface area contributed by atoms with Gasteiger partial charge in [-0.25, -0.2) is 0 Å². The van der Waals surface area contributed by atoms with Gasteiger partial charge in [0.15, 0.2) is 0 Å². The Morgan fingerprint density at radius 2 is 0.605 bits per heavy atom. The summed E-state index contributed by atoms with van der Waals surface area (Å²) in [5, 5.41) is 15.6. The number of benzene rings is 9. The number of nitrogens with zero attached hydrogens (tertiary/aromatic N) is 4. The van der Waals surface area contributed by atoms with E-state index >= 15 is 0 Å². The number of aryl methyl sites for hydroxylation is 12. The molecule has 4 nitrogen and oxygen atoms in total. The van der Waals surface area contributed by atoms with Gasteiger partial charge in [-0.15, -0.1) is 0 Å². The molecule has 0 saturated heterocycles. The van der Waals surface area contributed by atoms with Gasteiger partial charge in [0, 0.05) is 32.7 Å². The smallest absolute Gasteiger partial charge is 0.0998 e. The predicted molar refractivity (Wildman–Crippen MR) is 322 cm³/mol. The Hall–Kier alpha value is -8.78. The molecular formula is C72H62N4. The molecule has 0 unspecified atom stereocenters. The molecule has 0 aliphatic heterocycles. The maximum absolute atomic E-state index is 11.0. The van der Waals surface area contributed by atoms with Gasteiger partial charge in [0.1, 0.15) is 0 Å². The van der Waals surface area contributed by atoms with Crippen LogP contribution in [-0.4, -0.2) is 14.1 Å². The maximum Gasteiger partial charge on any atom is 0.0998 e. The Balaban J connectivity index is 1.20. The van der Waals surface area contributed by atoms with Crippen LogP contribution in [0.1, 0.15) is 72.3 Å². The van der Waals surface area contributed by atoms with Gasteiger partial charge in [0.2, 0.25) is 0 Å². The molecule has 3 aromatic heterocycles. The van der Waals surface area contributed by atoms with Crippen LogP contribution in [0.2, 0.25) is 0 Å². The first-order chi connectivity index (χ1) is 36.6. The molecule has 0 aliphatic carbocycles. The van der Waals surface area contributed by atoms with E-state index in [-0.39, 0.29) is 0 Å². The van der Waals surface area contributed by atoms with E-state index in [4.69, 9.17) is 4.98 Å². The average molecular weight is 983 g/mol. The van der Waals surface area contributed by atoms with Gasteiger partial charge in [0.25, 0.3) is 0 Å².